The van der Waals surface area contributed by atoms with Gasteiger partial charge in [-0.05, 0) is 87.7 Å². The lowest BCUT2D eigenvalue weighted by Gasteiger charge is -2.37. The fourth-order valence-corrected chi connectivity index (χ4v) is 4.78. The van der Waals surface area contributed by atoms with Crippen molar-refractivity contribution in [2.45, 2.75) is 64.2 Å². The SMILES string of the molecule is CCOc1ccc(C2CCC(C3CCC(C=O)CC3)CC2)c(F)c1F. The number of rotatable bonds is 5. The van der Waals surface area contributed by atoms with Gasteiger partial charge in [0.05, 0.1) is 6.61 Å². The maximum absolute atomic E-state index is 14.4. The molecule has 0 heterocycles. The van der Waals surface area contributed by atoms with E-state index in [0.717, 1.165) is 57.7 Å². The first-order valence-electron chi connectivity index (χ1n) is 9.70. The summed E-state index contributed by atoms with van der Waals surface area (Å²) in [6, 6.07) is 3.26. The summed E-state index contributed by atoms with van der Waals surface area (Å²) in [6.45, 7) is 2.09. The highest BCUT2D eigenvalue weighted by molar-refractivity contribution is 5.53. The van der Waals surface area contributed by atoms with Crippen molar-refractivity contribution in [2.24, 2.45) is 17.8 Å². The van der Waals surface area contributed by atoms with Crippen LogP contribution in [0.3, 0.4) is 0 Å². The lowest BCUT2D eigenvalue weighted by atomic mass is 9.68. The van der Waals surface area contributed by atoms with E-state index in [9.17, 15) is 13.6 Å². The summed E-state index contributed by atoms with van der Waals surface area (Å²) in [5.41, 5.74) is 0.504. The van der Waals surface area contributed by atoms with Crippen molar-refractivity contribution in [3.05, 3.63) is 29.3 Å². The van der Waals surface area contributed by atoms with Crippen LogP contribution >= 0.6 is 0 Å². The number of ether oxygens (including phenoxy) is 1. The summed E-state index contributed by atoms with van der Waals surface area (Å²) in [5, 5.41) is 0. The Hall–Kier alpha value is -1.45. The third-order valence-electron chi connectivity index (χ3n) is 6.26. The zero-order valence-corrected chi connectivity index (χ0v) is 15.0. The molecule has 2 nitrogen and oxygen atoms in total. The number of carbonyl (C=O) groups is 1. The minimum atomic E-state index is -0.853. The van der Waals surface area contributed by atoms with E-state index in [1.54, 1.807) is 19.1 Å². The Bertz CT molecular complexity index is 586. The molecular weight excluding hydrogens is 322 g/mol. The molecule has 2 fully saturated rings. The monoisotopic (exact) mass is 350 g/mol. The van der Waals surface area contributed by atoms with Crippen LogP contribution in [0, 0.1) is 29.4 Å². The Kier molecular flexibility index (Phi) is 6.08. The van der Waals surface area contributed by atoms with E-state index in [4.69, 9.17) is 4.74 Å². The summed E-state index contributed by atoms with van der Waals surface area (Å²) in [4.78, 5) is 10.9. The standard InChI is InChI=1S/C21H28F2O2/c1-2-25-19-12-11-18(20(22)21(19)23)17-9-7-16(8-10-17)15-5-3-14(13-24)4-6-15/h11-17H,2-10H2,1H3. The Morgan fingerprint density at radius 1 is 0.960 bits per heavy atom. The molecule has 0 spiro atoms. The van der Waals surface area contributed by atoms with Gasteiger partial charge in [0, 0.05) is 5.92 Å². The molecule has 0 atom stereocenters. The Labute approximate surface area is 149 Å². The normalized spacial score (nSPS) is 30.0. The Balaban J connectivity index is 1.59. The Morgan fingerprint density at radius 3 is 2.12 bits per heavy atom. The average molecular weight is 350 g/mol. The third-order valence-corrected chi connectivity index (χ3v) is 6.26. The van der Waals surface area contributed by atoms with Crippen LogP contribution < -0.4 is 4.74 Å². The van der Waals surface area contributed by atoms with Crippen LogP contribution in [0.1, 0.15) is 69.8 Å². The maximum Gasteiger partial charge on any atom is 0.200 e. The first kappa shape index (κ1) is 18.3. The molecule has 0 radical (unpaired) electrons. The summed E-state index contributed by atoms with van der Waals surface area (Å²) >= 11 is 0. The zero-order chi connectivity index (χ0) is 17.8. The highest BCUT2D eigenvalue weighted by Crippen LogP contribution is 2.44. The summed E-state index contributed by atoms with van der Waals surface area (Å²) in [6.07, 6.45) is 9.43. The molecule has 0 unspecified atom stereocenters. The van der Waals surface area contributed by atoms with Gasteiger partial charge in [0.15, 0.2) is 11.6 Å². The van der Waals surface area contributed by atoms with Crippen LogP contribution in [0.15, 0.2) is 12.1 Å². The smallest absolute Gasteiger partial charge is 0.200 e. The minimum absolute atomic E-state index is 0.00405. The number of hydrogen-bond donors (Lipinski definition) is 0. The molecule has 0 saturated heterocycles. The lowest BCUT2D eigenvalue weighted by molar-refractivity contribution is -0.112. The van der Waals surface area contributed by atoms with Gasteiger partial charge in [-0.1, -0.05) is 6.07 Å². The van der Waals surface area contributed by atoms with Crippen LogP contribution in [0.2, 0.25) is 0 Å². The first-order valence-corrected chi connectivity index (χ1v) is 9.70. The highest BCUT2D eigenvalue weighted by atomic mass is 19.2. The predicted octanol–water partition coefficient (Wildman–Crippen LogP) is 5.64. The number of halogens is 2. The van der Waals surface area contributed by atoms with Crippen LogP contribution in [0.5, 0.6) is 5.75 Å². The van der Waals surface area contributed by atoms with Gasteiger partial charge in [-0.2, -0.15) is 4.39 Å². The van der Waals surface area contributed by atoms with E-state index in [1.807, 2.05) is 0 Å². The molecule has 2 saturated carbocycles. The van der Waals surface area contributed by atoms with Gasteiger partial charge >= 0.3 is 0 Å². The first-order chi connectivity index (χ1) is 12.1. The van der Waals surface area contributed by atoms with Crippen LogP contribution in [-0.4, -0.2) is 12.9 Å². The topological polar surface area (TPSA) is 26.3 Å². The molecule has 0 aliphatic heterocycles. The summed E-state index contributed by atoms with van der Waals surface area (Å²) < 4.78 is 33.7. The number of aldehydes is 1. The van der Waals surface area contributed by atoms with Gasteiger partial charge in [0.25, 0.3) is 0 Å². The maximum atomic E-state index is 14.4. The van der Waals surface area contributed by atoms with Gasteiger partial charge in [-0.15, -0.1) is 0 Å². The van der Waals surface area contributed by atoms with Gasteiger partial charge in [0.1, 0.15) is 6.29 Å². The van der Waals surface area contributed by atoms with Gasteiger partial charge in [-0.25, -0.2) is 4.39 Å². The third kappa shape index (κ3) is 4.04. The van der Waals surface area contributed by atoms with E-state index < -0.39 is 11.6 Å². The summed E-state index contributed by atoms with van der Waals surface area (Å²) in [5.74, 6) is 0.165. The van der Waals surface area contributed by atoms with Crippen molar-refractivity contribution < 1.29 is 18.3 Å². The molecule has 2 aliphatic carbocycles. The Morgan fingerprint density at radius 2 is 1.56 bits per heavy atom. The lowest BCUT2D eigenvalue weighted by Crippen LogP contribution is -2.26. The van der Waals surface area contributed by atoms with Gasteiger partial charge < -0.3 is 9.53 Å². The number of carbonyl (C=O) groups excluding carboxylic acids is 1. The van der Waals surface area contributed by atoms with Crippen LogP contribution in [0.25, 0.3) is 0 Å². The van der Waals surface area contributed by atoms with E-state index in [1.165, 1.54) is 0 Å². The number of benzene rings is 1. The second-order valence-electron chi connectivity index (χ2n) is 7.64. The van der Waals surface area contributed by atoms with E-state index >= 15 is 0 Å². The van der Waals surface area contributed by atoms with Crippen molar-refractivity contribution in [3.63, 3.8) is 0 Å². The zero-order valence-electron chi connectivity index (χ0n) is 15.0. The van der Waals surface area contributed by atoms with E-state index in [0.29, 0.717) is 24.0 Å². The second-order valence-corrected chi connectivity index (χ2v) is 7.64. The van der Waals surface area contributed by atoms with Crippen molar-refractivity contribution in [2.75, 3.05) is 6.61 Å². The van der Waals surface area contributed by atoms with Crippen molar-refractivity contribution in [1.29, 1.82) is 0 Å². The minimum Gasteiger partial charge on any atom is -0.491 e. The molecule has 1 aromatic rings. The van der Waals surface area contributed by atoms with Crippen molar-refractivity contribution in [1.82, 2.24) is 0 Å². The molecular formula is C21H28F2O2. The van der Waals surface area contributed by atoms with Crippen LogP contribution in [0.4, 0.5) is 8.78 Å². The van der Waals surface area contributed by atoms with Gasteiger partial charge in [0.2, 0.25) is 5.82 Å². The van der Waals surface area contributed by atoms with E-state index in [-0.39, 0.29) is 17.6 Å². The van der Waals surface area contributed by atoms with Gasteiger partial charge in [-0.3, -0.25) is 0 Å². The largest absolute Gasteiger partial charge is 0.491 e. The van der Waals surface area contributed by atoms with Crippen molar-refractivity contribution >= 4 is 6.29 Å². The molecule has 4 heteroatoms. The molecule has 138 valence electrons. The molecule has 0 N–H and O–H groups in total. The molecule has 2 aliphatic rings. The molecule has 25 heavy (non-hydrogen) atoms. The highest BCUT2D eigenvalue weighted by Gasteiger charge is 2.32. The molecule has 3 rings (SSSR count). The molecule has 1 aromatic carbocycles. The molecule has 0 bridgehead atoms. The predicted molar refractivity (Wildman–Crippen MR) is 93.7 cm³/mol. The molecule has 0 amide bonds. The summed E-state index contributed by atoms with van der Waals surface area (Å²) in [7, 11) is 0. The fraction of sp³-hybridized carbons (Fsp3) is 0.667. The van der Waals surface area contributed by atoms with Crippen molar-refractivity contribution in [3.8, 4) is 5.75 Å². The van der Waals surface area contributed by atoms with Crippen LogP contribution in [-0.2, 0) is 4.79 Å². The molecule has 0 aromatic heterocycles. The average Bonchev–Trinajstić information content (AvgIpc) is 2.66. The quantitative estimate of drug-likeness (QED) is 0.642. The van der Waals surface area contributed by atoms with E-state index in [2.05, 4.69) is 0 Å². The fourth-order valence-electron chi connectivity index (χ4n) is 4.78. The second kappa shape index (κ2) is 8.29. The number of hydrogen-bond acceptors (Lipinski definition) is 2.